The topological polar surface area (TPSA) is 40.7 Å². The monoisotopic (exact) mass is 279 g/mol. The molecule has 1 heterocycles. The molecule has 0 saturated carbocycles. The van der Waals surface area contributed by atoms with Gasteiger partial charge < -0.3 is 5.32 Å². The van der Waals surface area contributed by atoms with Crippen molar-refractivity contribution in [2.45, 2.75) is 19.9 Å². The molecule has 0 radical (unpaired) electrons. The van der Waals surface area contributed by atoms with Gasteiger partial charge in [0.05, 0.1) is 5.69 Å². The number of halogens is 1. The predicted octanol–water partition coefficient (Wildman–Crippen LogP) is 3.66. The zero-order valence-corrected chi connectivity index (χ0v) is 10.9. The molecule has 0 atom stereocenters. The smallest absolute Gasteiger partial charge is 0.148 e. The third-order valence-corrected chi connectivity index (χ3v) is 2.70. The van der Waals surface area contributed by atoms with E-state index in [0.29, 0.717) is 6.04 Å². The quantitative estimate of drug-likeness (QED) is 0.900. The molecule has 0 amide bonds. The van der Waals surface area contributed by atoms with Gasteiger partial charge in [0.15, 0.2) is 0 Å². The van der Waals surface area contributed by atoms with Gasteiger partial charge in [-0.2, -0.15) is 5.10 Å². The van der Waals surface area contributed by atoms with E-state index in [1.807, 2.05) is 18.2 Å². The third-order valence-electron chi connectivity index (χ3n) is 2.17. The molecule has 2 N–H and O–H groups in total. The normalized spacial score (nSPS) is 10.8. The molecule has 0 bridgehead atoms. The summed E-state index contributed by atoms with van der Waals surface area (Å²) in [6.07, 6.45) is 0. The highest BCUT2D eigenvalue weighted by molar-refractivity contribution is 9.10. The Morgan fingerprint density at radius 2 is 1.94 bits per heavy atom. The number of hydrogen-bond acceptors (Lipinski definition) is 2. The summed E-state index contributed by atoms with van der Waals surface area (Å²) in [4.78, 5) is 0. The second kappa shape index (κ2) is 4.70. The van der Waals surface area contributed by atoms with Gasteiger partial charge in [-0.1, -0.05) is 28.1 Å². The molecule has 84 valence electrons. The van der Waals surface area contributed by atoms with Gasteiger partial charge in [-0.3, -0.25) is 5.10 Å². The van der Waals surface area contributed by atoms with E-state index >= 15 is 0 Å². The van der Waals surface area contributed by atoms with E-state index in [-0.39, 0.29) is 0 Å². The molecule has 16 heavy (non-hydrogen) atoms. The minimum Gasteiger partial charge on any atom is -0.366 e. The zero-order chi connectivity index (χ0) is 11.5. The van der Waals surface area contributed by atoms with E-state index in [1.54, 1.807) is 0 Å². The number of rotatable bonds is 3. The van der Waals surface area contributed by atoms with Crippen molar-refractivity contribution in [3.05, 3.63) is 34.8 Å². The number of hydrogen-bond donors (Lipinski definition) is 2. The largest absolute Gasteiger partial charge is 0.366 e. The summed E-state index contributed by atoms with van der Waals surface area (Å²) in [7, 11) is 0. The van der Waals surface area contributed by atoms with Crippen LogP contribution in [-0.2, 0) is 0 Å². The molecular formula is C12H14BrN3. The highest BCUT2D eigenvalue weighted by Gasteiger charge is 2.03. The zero-order valence-electron chi connectivity index (χ0n) is 9.29. The highest BCUT2D eigenvalue weighted by atomic mass is 79.9. The minimum atomic E-state index is 0.390. The van der Waals surface area contributed by atoms with Gasteiger partial charge in [0.25, 0.3) is 0 Å². The Balaban J connectivity index is 2.21. The van der Waals surface area contributed by atoms with Crippen LogP contribution in [0.3, 0.4) is 0 Å². The summed E-state index contributed by atoms with van der Waals surface area (Å²) in [5, 5.41) is 10.5. The second-order valence-electron chi connectivity index (χ2n) is 3.97. The summed E-state index contributed by atoms with van der Waals surface area (Å²) in [6, 6.07) is 10.6. The Morgan fingerprint density at radius 1 is 1.25 bits per heavy atom. The number of aromatic amines is 1. The second-order valence-corrected chi connectivity index (χ2v) is 4.89. The number of benzene rings is 1. The molecule has 0 aliphatic carbocycles. The van der Waals surface area contributed by atoms with Crippen molar-refractivity contribution in [1.29, 1.82) is 0 Å². The maximum atomic E-state index is 4.21. The van der Waals surface area contributed by atoms with Crippen LogP contribution in [0.1, 0.15) is 13.8 Å². The third kappa shape index (κ3) is 2.64. The van der Waals surface area contributed by atoms with Crippen LogP contribution >= 0.6 is 15.9 Å². The van der Waals surface area contributed by atoms with E-state index < -0.39 is 0 Å². The van der Waals surface area contributed by atoms with Gasteiger partial charge >= 0.3 is 0 Å². The van der Waals surface area contributed by atoms with Crippen LogP contribution < -0.4 is 5.32 Å². The lowest BCUT2D eigenvalue weighted by atomic mass is 10.1. The van der Waals surface area contributed by atoms with Crippen molar-refractivity contribution in [2.75, 3.05) is 5.32 Å². The van der Waals surface area contributed by atoms with Crippen LogP contribution in [0.4, 0.5) is 5.82 Å². The highest BCUT2D eigenvalue weighted by Crippen LogP contribution is 2.21. The first-order valence-corrected chi connectivity index (χ1v) is 6.02. The first-order valence-electron chi connectivity index (χ1n) is 5.23. The van der Waals surface area contributed by atoms with Gasteiger partial charge in [-0.25, -0.2) is 0 Å². The molecule has 1 aromatic heterocycles. The van der Waals surface area contributed by atoms with Crippen LogP contribution in [0.5, 0.6) is 0 Å². The Morgan fingerprint density at radius 3 is 2.56 bits per heavy atom. The van der Waals surface area contributed by atoms with Crippen molar-refractivity contribution in [2.24, 2.45) is 0 Å². The first kappa shape index (κ1) is 11.2. The number of H-pyrrole nitrogens is 1. The molecule has 4 heteroatoms. The average molecular weight is 280 g/mol. The molecule has 0 unspecified atom stereocenters. The Labute approximate surface area is 103 Å². The van der Waals surface area contributed by atoms with Gasteiger partial charge in [-0.15, -0.1) is 0 Å². The molecule has 0 aliphatic rings. The van der Waals surface area contributed by atoms with Crippen molar-refractivity contribution >= 4 is 21.7 Å². The SMILES string of the molecule is CC(C)Nc1cc(-c2ccc(Br)cc2)[nH]n1. The van der Waals surface area contributed by atoms with E-state index in [4.69, 9.17) is 0 Å². The molecule has 0 aliphatic heterocycles. The maximum absolute atomic E-state index is 4.21. The number of nitrogens with zero attached hydrogens (tertiary/aromatic N) is 1. The Bertz CT molecular complexity index is 459. The standard InChI is InChI=1S/C12H14BrN3/c1-8(2)14-12-7-11(15-16-12)9-3-5-10(13)6-4-9/h3-8H,1-2H3,(H2,14,15,16). The van der Waals surface area contributed by atoms with E-state index in [2.05, 4.69) is 57.4 Å². The van der Waals surface area contributed by atoms with E-state index in [9.17, 15) is 0 Å². The maximum Gasteiger partial charge on any atom is 0.148 e. The molecule has 2 aromatic rings. The minimum absolute atomic E-state index is 0.390. The van der Waals surface area contributed by atoms with Crippen molar-refractivity contribution < 1.29 is 0 Å². The molecule has 3 nitrogen and oxygen atoms in total. The Kier molecular flexibility index (Phi) is 3.29. The van der Waals surface area contributed by atoms with Crippen LogP contribution in [0, 0.1) is 0 Å². The predicted molar refractivity (Wildman–Crippen MR) is 70.5 cm³/mol. The van der Waals surface area contributed by atoms with Gasteiger partial charge in [0, 0.05) is 16.6 Å². The molecule has 0 fully saturated rings. The van der Waals surface area contributed by atoms with Crippen molar-refractivity contribution in [3.8, 4) is 11.3 Å². The molecular weight excluding hydrogens is 266 g/mol. The van der Waals surface area contributed by atoms with Crippen LogP contribution in [0.15, 0.2) is 34.8 Å². The summed E-state index contributed by atoms with van der Waals surface area (Å²) in [5.41, 5.74) is 2.16. The summed E-state index contributed by atoms with van der Waals surface area (Å²) in [6.45, 7) is 4.18. The van der Waals surface area contributed by atoms with Gasteiger partial charge in [0.1, 0.15) is 5.82 Å². The van der Waals surface area contributed by atoms with Gasteiger partial charge in [-0.05, 0) is 31.5 Å². The van der Waals surface area contributed by atoms with E-state index in [0.717, 1.165) is 21.5 Å². The number of nitrogens with one attached hydrogen (secondary N) is 2. The Hall–Kier alpha value is -1.29. The van der Waals surface area contributed by atoms with Gasteiger partial charge in [0.2, 0.25) is 0 Å². The molecule has 1 aromatic carbocycles. The fourth-order valence-electron chi connectivity index (χ4n) is 1.47. The lowest BCUT2D eigenvalue weighted by molar-refractivity contribution is 0.884. The fraction of sp³-hybridized carbons (Fsp3) is 0.250. The number of anilines is 1. The van der Waals surface area contributed by atoms with Crippen LogP contribution in [0.25, 0.3) is 11.3 Å². The summed E-state index contributed by atoms with van der Waals surface area (Å²) in [5.74, 6) is 0.882. The first-order chi connectivity index (χ1) is 7.65. The number of aromatic nitrogens is 2. The lowest BCUT2D eigenvalue weighted by Gasteiger charge is -2.04. The van der Waals surface area contributed by atoms with E-state index in [1.165, 1.54) is 0 Å². The molecule has 2 rings (SSSR count). The molecule has 0 saturated heterocycles. The lowest BCUT2D eigenvalue weighted by Crippen LogP contribution is -2.09. The van der Waals surface area contributed by atoms with Crippen molar-refractivity contribution in [3.63, 3.8) is 0 Å². The van der Waals surface area contributed by atoms with Crippen LogP contribution in [-0.4, -0.2) is 16.2 Å². The van der Waals surface area contributed by atoms with Crippen molar-refractivity contribution in [1.82, 2.24) is 10.2 Å². The molecule has 0 spiro atoms. The average Bonchev–Trinajstić information content (AvgIpc) is 2.66. The fourth-order valence-corrected chi connectivity index (χ4v) is 1.73. The summed E-state index contributed by atoms with van der Waals surface area (Å²) >= 11 is 3.42. The summed E-state index contributed by atoms with van der Waals surface area (Å²) < 4.78 is 1.08. The van der Waals surface area contributed by atoms with Crippen LogP contribution in [0.2, 0.25) is 0 Å².